The molecule has 1 aromatic heterocycles. The summed E-state index contributed by atoms with van der Waals surface area (Å²) >= 11 is 0. The maximum absolute atomic E-state index is 12.7. The van der Waals surface area contributed by atoms with Gasteiger partial charge in [0.05, 0.1) is 5.56 Å². The summed E-state index contributed by atoms with van der Waals surface area (Å²) in [6.45, 7) is 0.651. The largest absolute Gasteiger partial charge is 0.416 e. The Balaban J connectivity index is 2.02. The molecule has 3 rings (SSSR count). The minimum absolute atomic E-state index is 0.0704. The maximum atomic E-state index is 12.7. The lowest BCUT2D eigenvalue weighted by Gasteiger charge is -2.26. The van der Waals surface area contributed by atoms with Crippen molar-refractivity contribution < 1.29 is 13.2 Å². The first kappa shape index (κ1) is 12.1. The molecule has 19 heavy (non-hydrogen) atoms. The Morgan fingerprint density at radius 1 is 1.21 bits per heavy atom. The van der Waals surface area contributed by atoms with E-state index >= 15 is 0 Å². The third kappa shape index (κ3) is 2.18. The van der Waals surface area contributed by atoms with E-state index in [0.29, 0.717) is 12.2 Å². The van der Waals surface area contributed by atoms with Crippen LogP contribution in [0, 0.1) is 0 Å². The van der Waals surface area contributed by atoms with Gasteiger partial charge in [0.25, 0.3) is 0 Å². The number of aromatic amines is 1. The highest BCUT2D eigenvalue weighted by atomic mass is 19.4. The summed E-state index contributed by atoms with van der Waals surface area (Å²) in [5.74, 6) is 0.0704. The van der Waals surface area contributed by atoms with E-state index in [2.05, 4.69) is 15.5 Å². The molecule has 0 spiro atoms. The number of fused-ring (bicyclic) bond motifs is 1. The molecular formula is C13H12F3N3. The van der Waals surface area contributed by atoms with Crippen LogP contribution < -0.4 is 5.32 Å². The number of H-pyrrole nitrogens is 1. The molecule has 1 unspecified atom stereocenters. The Kier molecular flexibility index (Phi) is 2.73. The van der Waals surface area contributed by atoms with Crippen LogP contribution in [-0.2, 0) is 6.18 Å². The summed E-state index contributed by atoms with van der Waals surface area (Å²) in [6.07, 6.45) is -1.82. The molecule has 1 aromatic carbocycles. The molecule has 0 saturated heterocycles. The predicted molar refractivity (Wildman–Crippen MR) is 65.0 cm³/mol. The zero-order valence-corrected chi connectivity index (χ0v) is 9.96. The van der Waals surface area contributed by atoms with E-state index in [9.17, 15) is 13.2 Å². The van der Waals surface area contributed by atoms with Gasteiger partial charge in [-0.25, -0.2) is 0 Å². The molecule has 0 saturated carbocycles. The summed E-state index contributed by atoms with van der Waals surface area (Å²) < 4.78 is 38.1. The molecule has 0 amide bonds. The number of rotatable bonds is 1. The number of hydrogen-bond donors (Lipinski definition) is 2. The second kappa shape index (κ2) is 4.29. The molecule has 0 radical (unpaired) electrons. The van der Waals surface area contributed by atoms with Crippen LogP contribution in [0.5, 0.6) is 0 Å². The standard InChI is InChI=1S/C13H12F3N3/c14-13(15,16)8-1-2-9-10(11-4-6-18-19-11)3-5-17-12(9)7-8/h1-2,4,6-7,10,17H,3,5H2,(H,18,19). The molecule has 2 heterocycles. The Morgan fingerprint density at radius 3 is 2.74 bits per heavy atom. The minimum atomic E-state index is -4.31. The number of anilines is 1. The van der Waals surface area contributed by atoms with Gasteiger partial charge in [-0.2, -0.15) is 18.3 Å². The highest BCUT2D eigenvalue weighted by Crippen LogP contribution is 2.39. The van der Waals surface area contributed by atoms with Crippen LogP contribution in [0.4, 0.5) is 18.9 Å². The third-order valence-electron chi connectivity index (χ3n) is 3.40. The summed E-state index contributed by atoms with van der Waals surface area (Å²) in [4.78, 5) is 0. The molecule has 1 aliphatic heterocycles. The van der Waals surface area contributed by atoms with Crippen molar-refractivity contribution in [3.05, 3.63) is 47.3 Å². The molecule has 2 aromatic rings. The number of nitrogens with zero attached hydrogens (tertiary/aromatic N) is 1. The molecule has 1 aliphatic rings. The highest BCUT2D eigenvalue weighted by Gasteiger charge is 2.32. The molecule has 0 aliphatic carbocycles. The van der Waals surface area contributed by atoms with Crippen molar-refractivity contribution in [2.75, 3.05) is 11.9 Å². The van der Waals surface area contributed by atoms with Gasteiger partial charge in [0, 0.05) is 30.0 Å². The van der Waals surface area contributed by atoms with E-state index in [1.807, 2.05) is 6.07 Å². The number of nitrogens with one attached hydrogen (secondary N) is 2. The molecule has 0 fully saturated rings. The number of aromatic nitrogens is 2. The quantitative estimate of drug-likeness (QED) is 0.831. The second-order valence-electron chi connectivity index (χ2n) is 4.58. The Labute approximate surface area is 107 Å². The van der Waals surface area contributed by atoms with E-state index in [1.54, 1.807) is 12.3 Å². The van der Waals surface area contributed by atoms with Crippen LogP contribution in [0.2, 0.25) is 0 Å². The van der Waals surface area contributed by atoms with Crippen molar-refractivity contribution in [1.82, 2.24) is 10.2 Å². The molecular weight excluding hydrogens is 255 g/mol. The summed E-state index contributed by atoms with van der Waals surface area (Å²) in [6, 6.07) is 5.72. The zero-order valence-electron chi connectivity index (χ0n) is 9.96. The number of benzene rings is 1. The summed E-state index contributed by atoms with van der Waals surface area (Å²) in [5.41, 5.74) is 1.75. The molecule has 100 valence electrons. The first-order valence-corrected chi connectivity index (χ1v) is 6.00. The van der Waals surface area contributed by atoms with Crippen molar-refractivity contribution in [2.24, 2.45) is 0 Å². The topological polar surface area (TPSA) is 40.7 Å². The van der Waals surface area contributed by atoms with Crippen molar-refractivity contribution >= 4 is 5.69 Å². The molecule has 3 nitrogen and oxygen atoms in total. The summed E-state index contributed by atoms with van der Waals surface area (Å²) in [5, 5.41) is 9.83. The minimum Gasteiger partial charge on any atom is -0.385 e. The van der Waals surface area contributed by atoms with Crippen molar-refractivity contribution in [1.29, 1.82) is 0 Å². The number of halogens is 3. The van der Waals surface area contributed by atoms with Crippen LogP contribution in [0.15, 0.2) is 30.5 Å². The monoisotopic (exact) mass is 267 g/mol. The molecule has 0 bridgehead atoms. The lowest BCUT2D eigenvalue weighted by Crippen LogP contribution is -2.19. The van der Waals surface area contributed by atoms with Crippen LogP contribution in [0.3, 0.4) is 0 Å². The van der Waals surface area contributed by atoms with Gasteiger partial charge in [-0.15, -0.1) is 0 Å². The fraction of sp³-hybridized carbons (Fsp3) is 0.308. The van der Waals surface area contributed by atoms with Gasteiger partial charge in [0.1, 0.15) is 0 Å². The average molecular weight is 267 g/mol. The average Bonchev–Trinajstić information content (AvgIpc) is 2.90. The van der Waals surface area contributed by atoms with Crippen LogP contribution >= 0.6 is 0 Å². The Hall–Kier alpha value is -1.98. The maximum Gasteiger partial charge on any atom is 0.416 e. The summed E-state index contributed by atoms with van der Waals surface area (Å²) in [7, 11) is 0. The van der Waals surface area contributed by atoms with Gasteiger partial charge in [-0.3, -0.25) is 5.10 Å². The first-order chi connectivity index (χ1) is 9.05. The second-order valence-corrected chi connectivity index (χ2v) is 4.58. The fourth-order valence-corrected chi connectivity index (χ4v) is 2.48. The van der Waals surface area contributed by atoms with Gasteiger partial charge < -0.3 is 5.32 Å². The SMILES string of the molecule is FC(F)(F)c1ccc2c(c1)NCCC2c1ccn[nH]1. The third-order valence-corrected chi connectivity index (χ3v) is 3.40. The van der Waals surface area contributed by atoms with Crippen LogP contribution in [0.25, 0.3) is 0 Å². The van der Waals surface area contributed by atoms with Gasteiger partial charge in [-0.05, 0) is 30.2 Å². The Bertz CT molecular complexity index is 575. The van der Waals surface area contributed by atoms with Gasteiger partial charge in [-0.1, -0.05) is 6.07 Å². The van der Waals surface area contributed by atoms with Crippen molar-refractivity contribution in [3.63, 3.8) is 0 Å². The van der Waals surface area contributed by atoms with E-state index in [1.165, 1.54) is 6.07 Å². The predicted octanol–water partition coefficient (Wildman–Crippen LogP) is 3.38. The van der Waals surface area contributed by atoms with E-state index < -0.39 is 11.7 Å². The van der Waals surface area contributed by atoms with E-state index in [-0.39, 0.29) is 5.92 Å². The normalized spacial score (nSPS) is 18.8. The number of alkyl halides is 3. The van der Waals surface area contributed by atoms with Crippen LogP contribution in [0.1, 0.15) is 29.2 Å². The van der Waals surface area contributed by atoms with Crippen molar-refractivity contribution in [3.8, 4) is 0 Å². The molecule has 6 heteroatoms. The van der Waals surface area contributed by atoms with Crippen LogP contribution in [-0.4, -0.2) is 16.7 Å². The van der Waals surface area contributed by atoms with E-state index in [4.69, 9.17) is 0 Å². The van der Waals surface area contributed by atoms with E-state index in [0.717, 1.165) is 23.7 Å². The lowest BCUT2D eigenvalue weighted by molar-refractivity contribution is -0.137. The number of hydrogen-bond acceptors (Lipinski definition) is 2. The zero-order chi connectivity index (χ0) is 13.5. The molecule has 1 atom stereocenters. The van der Waals surface area contributed by atoms with Gasteiger partial charge >= 0.3 is 6.18 Å². The van der Waals surface area contributed by atoms with Crippen molar-refractivity contribution in [2.45, 2.75) is 18.5 Å². The smallest absolute Gasteiger partial charge is 0.385 e. The highest BCUT2D eigenvalue weighted by molar-refractivity contribution is 5.58. The first-order valence-electron chi connectivity index (χ1n) is 6.00. The Morgan fingerprint density at radius 2 is 2.05 bits per heavy atom. The lowest BCUT2D eigenvalue weighted by atomic mass is 9.87. The fourth-order valence-electron chi connectivity index (χ4n) is 2.48. The van der Waals surface area contributed by atoms with Gasteiger partial charge in [0.2, 0.25) is 0 Å². The molecule has 2 N–H and O–H groups in total. The van der Waals surface area contributed by atoms with Gasteiger partial charge in [0.15, 0.2) is 0 Å².